The van der Waals surface area contributed by atoms with Crippen LogP contribution in [0.3, 0.4) is 0 Å². The van der Waals surface area contributed by atoms with E-state index in [1.165, 1.54) is 25.0 Å². The van der Waals surface area contributed by atoms with Gasteiger partial charge in [0.25, 0.3) is 0 Å². The number of benzene rings is 1. The summed E-state index contributed by atoms with van der Waals surface area (Å²) in [7, 11) is 0. The minimum Gasteiger partial charge on any atom is -0.389 e. The molecule has 1 aliphatic carbocycles. The van der Waals surface area contributed by atoms with Crippen molar-refractivity contribution in [1.29, 1.82) is 0 Å². The maximum absolute atomic E-state index is 13.0. The molecule has 0 amide bonds. The third kappa shape index (κ3) is 4.29. The molecular weight excluding hydrogens is 241 g/mol. The van der Waals surface area contributed by atoms with Crippen LogP contribution in [0, 0.1) is 11.7 Å². The molecule has 2 rings (SSSR count). The third-order valence-electron chi connectivity index (χ3n) is 3.81. The monoisotopic (exact) mass is 265 g/mol. The van der Waals surface area contributed by atoms with Gasteiger partial charge in [-0.05, 0) is 49.8 Å². The Balaban J connectivity index is 1.99. The van der Waals surface area contributed by atoms with Crippen LogP contribution in [0.25, 0.3) is 0 Å². The summed E-state index contributed by atoms with van der Waals surface area (Å²) in [5.74, 6) is 0.430. The quantitative estimate of drug-likeness (QED) is 0.791. The molecule has 1 fully saturated rings. The fourth-order valence-electron chi connectivity index (χ4n) is 2.61. The molecule has 19 heavy (non-hydrogen) atoms. The number of hydrogen-bond donors (Lipinski definition) is 2. The van der Waals surface area contributed by atoms with Gasteiger partial charge >= 0.3 is 0 Å². The van der Waals surface area contributed by atoms with Crippen LogP contribution in [0.2, 0.25) is 0 Å². The Labute approximate surface area is 115 Å². The Morgan fingerprint density at radius 1 is 1.37 bits per heavy atom. The van der Waals surface area contributed by atoms with Crippen molar-refractivity contribution in [2.75, 3.05) is 6.54 Å². The Kier molecular flexibility index (Phi) is 4.58. The largest absolute Gasteiger partial charge is 0.389 e. The second-order valence-corrected chi connectivity index (χ2v) is 5.99. The van der Waals surface area contributed by atoms with E-state index < -0.39 is 5.60 Å². The van der Waals surface area contributed by atoms with Crippen LogP contribution in [-0.4, -0.2) is 17.3 Å². The zero-order valence-electron chi connectivity index (χ0n) is 11.8. The second kappa shape index (κ2) is 6.02. The van der Waals surface area contributed by atoms with Gasteiger partial charge in [-0.15, -0.1) is 0 Å². The topological polar surface area (TPSA) is 32.3 Å². The summed E-state index contributed by atoms with van der Waals surface area (Å²) in [6.45, 7) is 4.53. The molecule has 0 saturated heterocycles. The van der Waals surface area contributed by atoms with Crippen molar-refractivity contribution < 1.29 is 9.50 Å². The second-order valence-electron chi connectivity index (χ2n) is 5.99. The van der Waals surface area contributed by atoms with Crippen molar-refractivity contribution in [3.8, 4) is 0 Å². The van der Waals surface area contributed by atoms with E-state index in [1.54, 1.807) is 0 Å². The van der Waals surface area contributed by atoms with Crippen LogP contribution in [0.15, 0.2) is 24.3 Å². The fourth-order valence-corrected chi connectivity index (χ4v) is 2.61. The lowest BCUT2D eigenvalue weighted by atomic mass is 9.97. The van der Waals surface area contributed by atoms with Gasteiger partial charge in [-0.1, -0.05) is 25.5 Å². The lowest BCUT2D eigenvalue weighted by Gasteiger charge is -2.27. The van der Waals surface area contributed by atoms with Gasteiger partial charge in [0.2, 0.25) is 0 Å². The number of rotatable bonds is 7. The maximum Gasteiger partial charge on any atom is 0.123 e. The van der Waals surface area contributed by atoms with E-state index in [4.69, 9.17) is 0 Å². The molecule has 2 atom stereocenters. The average Bonchev–Trinajstić information content (AvgIpc) is 3.16. The lowest BCUT2D eigenvalue weighted by Crippen LogP contribution is -2.39. The van der Waals surface area contributed by atoms with E-state index in [2.05, 4.69) is 12.2 Å². The van der Waals surface area contributed by atoms with Crippen LogP contribution < -0.4 is 5.32 Å². The van der Waals surface area contributed by atoms with Gasteiger partial charge in [0.15, 0.2) is 0 Å². The van der Waals surface area contributed by atoms with Gasteiger partial charge in [0, 0.05) is 12.6 Å². The molecule has 2 unspecified atom stereocenters. The zero-order valence-corrected chi connectivity index (χ0v) is 11.8. The molecule has 106 valence electrons. The Morgan fingerprint density at radius 2 is 2.00 bits per heavy atom. The molecule has 1 saturated carbocycles. The summed E-state index contributed by atoms with van der Waals surface area (Å²) < 4.78 is 13.0. The van der Waals surface area contributed by atoms with Gasteiger partial charge in [0.05, 0.1) is 5.60 Å². The molecule has 0 aromatic heterocycles. The zero-order chi connectivity index (χ0) is 13.9. The lowest BCUT2D eigenvalue weighted by molar-refractivity contribution is 0.0463. The SMILES string of the molecule is CCCC(C)(O)CNC(c1ccc(F)cc1)C1CC1. The number of aliphatic hydroxyl groups is 1. The fraction of sp³-hybridized carbons (Fsp3) is 0.625. The molecule has 0 bridgehead atoms. The van der Waals surface area contributed by atoms with Gasteiger partial charge in [0.1, 0.15) is 5.82 Å². The molecular formula is C16H24FNO. The molecule has 2 N–H and O–H groups in total. The summed E-state index contributed by atoms with van der Waals surface area (Å²) in [6, 6.07) is 6.95. The minimum atomic E-state index is -0.665. The normalized spacial score (nSPS) is 20.0. The van der Waals surface area contributed by atoms with Crippen LogP contribution in [0.1, 0.15) is 51.1 Å². The van der Waals surface area contributed by atoms with Gasteiger partial charge in [-0.25, -0.2) is 4.39 Å². The highest BCUT2D eigenvalue weighted by molar-refractivity contribution is 5.22. The average molecular weight is 265 g/mol. The molecule has 1 aliphatic rings. The highest BCUT2D eigenvalue weighted by Crippen LogP contribution is 2.41. The molecule has 0 aliphatic heterocycles. The van der Waals surface area contributed by atoms with Gasteiger partial charge in [-0.2, -0.15) is 0 Å². The van der Waals surface area contributed by atoms with Crippen LogP contribution >= 0.6 is 0 Å². The van der Waals surface area contributed by atoms with Crippen LogP contribution in [0.4, 0.5) is 4.39 Å². The first-order valence-corrected chi connectivity index (χ1v) is 7.23. The van der Waals surface area contributed by atoms with E-state index in [1.807, 2.05) is 19.1 Å². The molecule has 0 radical (unpaired) electrons. The number of halogens is 1. The van der Waals surface area contributed by atoms with Crippen molar-refractivity contribution in [3.63, 3.8) is 0 Å². The van der Waals surface area contributed by atoms with Crippen LogP contribution in [-0.2, 0) is 0 Å². The summed E-state index contributed by atoms with van der Waals surface area (Å²) in [4.78, 5) is 0. The van der Waals surface area contributed by atoms with E-state index in [9.17, 15) is 9.50 Å². The Bertz CT molecular complexity index is 398. The molecule has 1 aromatic rings. The first-order chi connectivity index (χ1) is 9.02. The number of nitrogens with one attached hydrogen (secondary N) is 1. The van der Waals surface area contributed by atoms with Crippen molar-refractivity contribution in [3.05, 3.63) is 35.6 Å². The smallest absolute Gasteiger partial charge is 0.123 e. The third-order valence-corrected chi connectivity index (χ3v) is 3.81. The molecule has 2 nitrogen and oxygen atoms in total. The molecule has 0 heterocycles. The van der Waals surface area contributed by atoms with Crippen molar-refractivity contribution in [2.24, 2.45) is 5.92 Å². The molecule has 1 aromatic carbocycles. The van der Waals surface area contributed by atoms with Crippen molar-refractivity contribution >= 4 is 0 Å². The Hall–Kier alpha value is -0.930. The first kappa shape index (κ1) is 14.5. The van der Waals surface area contributed by atoms with Gasteiger partial charge < -0.3 is 10.4 Å². The highest BCUT2D eigenvalue weighted by atomic mass is 19.1. The van der Waals surface area contributed by atoms with Crippen molar-refractivity contribution in [2.45, 2.75) is 51.2 Å². The highest BCUT2D eigenvalue weighted by Gasteiger charge is 2.33. The summed E-state index contributed by atoms with van der Waals surface area (Å²) >= 11 is 0. The standard InChI is InChI=1S/C16H24FNO/c1-3-10-16(2,19)11-18-15(12-4-5-12)13-6-8-14(17)9-7-13/h6-9,12,15,18-19H,3-5,10-11H2,1-2H3. The van der Waals surface area contributed by atoms with E-state index in [0.29, 0.717) is 12.5 Å². The summed E-state index contributed by atoms with van der Waals surface area (Å²) in [6.07, 6.45) is 4.19. The minimum absolute atomic E-state index is 0.198. The van der Waals surface area contributed by atoms with E-state index in [0.717, 1.165) is 18.4 Å². The molecule has 3 heteroatoms. The predicted molar refractivity (Wildman–Crippen MR) is 75.4 cm³/mol. The summed E-state index contributed by atoms with van der Waals surface area (Å²) in [5.41, 5.74) is 0.457. The van der Waals surface area contributed by atoms with E-state index >= 15 is 0 Å². The Morgan fingerprint density at radius 3 is 2.53 bits per heavy atom. The summed E-state index contributed by atoms with van der Waals surface area (Å²) in [5, 5.41) is 13.7. The molecule has 0 spiro atoms. The predicted octanol–water partition coefficient (Wildman–Crippen LogP) is 3.42. The van der Waals surface area contributed by atoms with Crippen LogP contribution in [0.5, 0.6) is 0 Å². The number of hydrogen-bond acceptors (Lipinski definition) is 2. The first-order valence-electron chi connectivity index (χ1n) is 7.23. The van der Waals surface area contributed by atoms with Crippen molar-refractivity contribution in [1.82, 2.24) is 5.32 Å². The van der Waals surface area contributed by atoms with E-state index in [-0.39, 0.29) is 11.9 Å². The van der Waals surface area contributed by atoms with Gasteiger partial charge in [-0.3, -0.25) is 0 Å². The maximum atomic E-state index is 13.0.